The van der Waals surface area contributed by atoms with Crippen LogP contribution in [0.1, 0.15) is 38.8 Å². The molecule has 0 aromatic carbocycles. The third-order valence-electron chi connectivity index (χ3n) is 3.44. The molecule has 0 saturated heterocycles. The zero-order chi connectivity index (χ0) is 10.2. The van der Waals surface area contributed by atoms with E-state index in [1.54, 1.807) is 16.8 Å². The third kappa shape index (κ3) is 1.59. The van der Waals surface area contributed by atoms with Gasteiger partial charge in [0.1, 0.15) is 5.60 Å². The average Bonchev–Trinajstić information content (AvgIpc) is 2.65. The van der Waals surface area contributed by atoms with Crippen molar-refractivity contribution in [2.75, 3.05) is 0 Å². The van der Waals surface area contributed by atoms with E-state index in [0.717, 1.165) is 18.5 Å². The Balaban J connectivity index is 2.28. The second kappa shape index (κ2) is 3.63. The molecule has 0 radical (unpaired) electrons. The van der Waals surface area contributed by atoms with E-state index in [1.807, 2.05) is 5.38 Å². The first-order valence-electron chi connectivity index (χ1n) is 5.24. The fraction of sp³-hybridized carbons (Fsp3) is 0.727. The first kappa shape index (κ1) is 10.1. The van der Waals surface area contributed by atoms with E-state index in [4.69, 9.17) is 0 Å². The molecule has 1 aliphatic rings. The summed E-state index contributed by atoms with van der Waals surface area (Å²) in [6.45, 7) is 4.34. The zero-order valence-corrected chi connectivity index (χ0v) is 9.55. The molecular weight excluding hydrogens is 194 g/mol. The van der Waals surface area contributed by atoms with Gasteiger partial charge in [-0.25, -0.2) is 4.98 Å². The molecule has 1 aromatic rings. The van der Waals surface area contributed by atoms with Gasteiger partial charge in [-0.1, -0.05) is 20.3 Å². The molecule has 1 aliphatic carbocycles. The van der Waals surface area contributed by atoms with E-state index in [2.05, 4.69) is 18.8 Å². The molecule has 1 heterocycles. The summed E-state index contributed by atoms with van der Waals surface area (Å²) in [6.07, 6.45) is 3.20. The number of aliphatic hydroxyl groups is 1. The van der Waals surface area contributed by atoms with Gasteiger partial charge in [-0.05, 0) is 24.7 Å². The fourth-order valence-electron chi connectivity index (χ4n) is 2.39. The summed E-state index contributed by atoms with van der Waals surface area (Å²) in [5.74, 6) is 0.943. The smallest absolute Gasteiger partial charge is 0.110 e. The Morgan fingerprint density at radius 3 is 2.93 bits per heavy atom. The highest BCUT2D eigenvalue weighted by Gasteiger charge is 2.41. The molecule has 3 unspecified atom stereocenters. The van der Waals surface area contributed by atoms with E-state index in [0.29, 0.717) is 11.8 Å². The Hall–Kier alpha value is -0.410. The van der Waals surface area contributed by atoms with E-state index in [1.165, 1.54) is 6.42 Å². The van der Waals surface area contributed by atoms with Crippen molar-refractivity contribution in [3.05, 3.63) is 16.6 Å². The zero-order valence-electron chi connectivity index (χ0n) is 8.73. The van der Waals surface area contributed by atoms with Crippen LogP contribution in [0.3, 0.4) is 0 Å². The molecule has 78 valence electrons. The van der Waals surface area contributed by atoms with Crippen LogP contribution in [0, 0.1) is 11.8 Å². The summed E-state index contributed by atoms with van der Waals surface area (Å²) in [4.78, 5) is 4.27. The molecule has 1 saturated carbocycles. The fourth-order valence-corrected chi connectivity index (χ4v) is 3.02. The minimum atomic E-state index is -0.669. The molecule has 1 aromatic heterocycles. The van der Waals surface area contributed by atoms with E-state index >= 15 is 0 Å². The molecule has 1 N–H and O–H groups in total. The molecule has 0 aliphatic heterocycles. The standard InChI is InChI=1S/C11H17NOS/c1-8-3-4-9(2)11(13,5-8)10-6-14-7-12-10/h6-9,13H,3-5H2,1-2H3. The van der Waals surface area contributed by atoms with Gasteiger partial charge < -0.3 is 5.11 Å². The quantitative estimate of drug-likeness (QED) is 0.775. The Morgan fingerprint density at radius 1 is 1.50 bits per heavy atom. The van der Waals surface area contributed by atoms with Gasteiger partial charge >= 0.3 is 0 Å². The number of thiazole rings is 1. The van der Waals surface area contributed by atoms with Crippen LogP contribution in [-0.4, -0.2) is 10.1 Å². The number of hydrogen-bond acceptors (Lipinski definition) is 3. The van der Waals surface area contributed by atoms with E-state index in [-0.39, 0.29) is 0 Å². The highest BCUT2D eigenvalue weighted by Crippen LogP contribution is 2.43. The molecule has 3 heteroatoms. The average molecular weight is 211 g/mol. The van der Waals surface area contributed by atoms with Crippen molar-refractivity contribution >= 4 is 11.3 Å². The van der Waals surface area contributed by atoms with Crippen LogP contribution in [-0.2, 0) is 5.60 Å². The summed E-state index contributed by atoms with van der Waals surface area (Å²) in [5.41, 5.74) is 2.01. The minimum absolute atomic E-state index is 0.334. The van der Waals surface area contributed by atoms with Gasteiger partial charge in [0, 0.05) is 5.38 Å². The van der Waals surface area contributed by atoms with Gasteiger partial charge in [0.05, 0.1) is 11.2 Å². The van der Waals surface area contributed by atoms with Crippen LogP contribution < -0.4 is 0 Å². The molecule has 3 atom stereocenters. The van der Waals surface area contributed by atoms with Crippen LogP contribution in [0.15, 0.2) is 10.9 Å². The first-order valence-corrected chi connectivity index (χ1v) is 6.18. The Kier molecular flexibility index (Phi) is 2.62. The monoisotopic (exact) mass is 211 g/mol. The highest BCUT2D eigenvalue weighted by molar-refractivity contribution is 7.07. The molecule has 1 fully saturated rings. The Morgan fingerprint density at radius 2 is 2.29 bits per heavy atom. The van der Waals surface area contributed by atoms with Gasteiger partial charge in [-0.2, -0.15) is 0 Å². The summed E-state index contributed by atoms with van der Waals surface area (Å²) >= 11 is 1.56. The SMILES string of the molecule is CC1CCC(C)C(O)(c2cscn2)C1. The summed E-state index contributed by atoms with van der Waals surface area (Å²) < 4.78 is 0. The Bertz CT molecular complexity index is 298. The molecule has 0 spiro atoms. The maximum atomic E-state index is 10.6. The molecule has 2 rings (SSSR count). The van der Waals surface area contributed by atoms with Crippen LogP contribution in [0.5, 0.6) is 0 Å². The topological polar surface area (TPSA) is 33.1 Å². The number of aromatic nitrogens is 1. The van der Waals surface area contributed by atoms with Gasteiger partial charge in [-0.3, -0.25) is 0 Å². The van der Waals surface area contributed by atoms with Crippen molar-refractivity contribution in [3.8, 4) is 0 Å². The van der Waals surface area contributed by atoms with Crippen LogP contribution in [0.2, 0.25) is 0 Å². The lowest BCUT2D eigenvalue weighted by Crippen LogP contribution is -2.39. The molecule has 0 amide bonds. The van der Waals surface area contributed by atoms with Crippen molar-refractivity contribution in [2.45, 2.75) is 38.7 Å². The lowest BCUT2D eigenvalue weighted by Gasteiger charge is -2.39. The van der Waals surface area contributed by atoms with Gasteiger partial charge in [0.2, 0.25) is 0 Å². The van der Waals surface area contributed by atoms with Crippen LogP contribution >= 0.6 is 11.3 Å². The normalized spacial score (nSPS) is 38.5. The maximum Gasteiger partial charge on any atom is 0.110 e. The predicted octanol–water partition coefficient (Wildman–Crippen LogP) is 2.79. The lowest BCUT2D eigenvalue weighted by molar-refractivity contribution is -0.0656. The van der Waals surface area contributed by atoms with E-state index in [9.17, 15) is 5.11 Å². The molecule has 0 bridgehead atoms. The molecule has 2 nitrogen and oxygen atoms in total. The molecular formula is C11H17NOS. The van der Waals surface area contributed by atoms with Crippen molar-refractivity contribution in [3.63, 3.8) is 0 Å². The second-order valence-electron chi connectivity index (χ2n) is 4.59. The van der Waals surface area contributed by atoms with Crippen molar-refractivity contribution in [1.29, 1.82) is 0 Å². The number of rotatable bonds is 1. The third-order valence-corrected chi connectivity index (χ3v) is 4.03. The summed E-state index contributed by atoms with van der Waals surface area (Å²) in [5, 5.41) is 12.6. The minimum Gasteiger partial charge on any atom is -0.383 e. The highest BCUT2D eigenvalue weighted by atomic mass is 32.1. The largest absolute Gasteiger partial charge is 0.383 e. The van der Waals surface area contributed by atoms with Gasteiger partial charge in [-0.15, -0.1) is 11.3 Å². The second-order valence-corrected chi connectivity index (χ2v) is 5.30. The number of hydrogen-bond donors (Lipinski definition) is 1. The van der Waals surface area contributed by atoms with Gasteiger partial charge in [0.15, 0.2) is 0 Å². The lowest BCUT2D eigenvalue weighted by atomic mass is 9.71. The van der Waals surface area contributed by atoms with Crippen molar-refractivity contribution in [1.82, 2.24) is 4.98 Å². The Labute approximate surface area is 89.0 Å². The predicted molar refractivity (Wildman–Crippen MR) is 58.2 cm³/mol. The first-order chi connectivity index (χ1) is 6.63. The van der Waals surface area contributed by atoms with Gasteiger partial charge in [0.25, 0.3) is 0 Å². The molecule has 14 heavy (non-hydrogen) atoms. The van der Waals surface area contributed by atoms with Crippen LogP contribution in [0.25, 0.3) is 0 Å². The summed E-state index contributed by atoms with van der Waals surface area (Å²) in [6, 6.07) is 0. The van der Waals surface area contributed by atoms with Crippen molar-refractivity contribution < 1.29 is 5.11 Å². The number of nitrogens with zero attached hydrogens (tertiary/aromatic N) is 1. The summed E-state index contributed by atoms with van der Waals surface area (Å²) in [7, 11) is 0. The maximum absolute atomic E-state index is 10.6. The van der Waals surface area contributed by atoms with Crippen molar-refractivity contribution in [2.24, 2.45) is 11.8 Å². The van der Waals surface area contributed by atoms with E-state index < -0.39 is 5.60 Å². The van der Waals surface area contributed by atoms with Crippen LogP contribution in [0.4, 0.5) is 0 Å².